The molecule has 0 atom stereocenters. The zero-order chi connectivity index (χ0) is 25.4. The molecule has 0 radical (unpaired) electrons. The molecule has 1 aliphatic rings. The molecule has 1 rings (SSSR count). The highest BCUT2D eigenvalue weighted by molar-refractivity contribution is 7.99. The number of ketones is 1. The molecule has 0 bridgehead atoms. The average molecular weight is 484 g/mol. The number of Topliss-reactive ketones (excluding diaryl/α,β-unsaturated/α-hetero) is 1. The zero-order valence-electron chi connectivity index (χ0n) is 22.0. The van der Waals surface area contributed by atoms with E-state index in [4.69, 9.17) is 0 Å². The lowest BCUT2D eigenvalue weighted by molar-refractivity contribution is -0.159. The van der Waals surface area contributed by atoms with Crippen molar-refractivity contribution in [2.24, 2.45) is 16.7 Å². The van der Waals surface area contributed by atoms with E-state index in [1.807, 2.05) is 13.8 Å². The lowest BCUT2D eigenvalue weighted by atomic mass is 9.90. The fourth-order valence-electron chi connectivity index (χ4n) is 3.16. The molecular weight excluding hydrogens is 438 g/mol. The Balaban J connectivity index is 2.79. The van der Waals surface area contributed by atoms with Crippen LogP contribution in [-0.2, 0) is 19.2 Å². The fourth-order valence-corrected chi connectivity index (χ4v) is 4.16. The maximum atomic E-state index is 12.9. The van der Waals surface area contributed by atoms with Gasteiger partial charge < -0.3 is 14.7 Å². The van der Waals surface area contributed by atoms with E-state index in [1.54, 1.807) is 14.7 Å². The van der Waals surface area contributed by atoms with Gasteiger partial charge in [-0.1, -0.05) is 55.4 Å². The summed E-state index contributed by atoms with van der Waals surface area (Å²) in [5.74, 6) is 0.957. The van der Waals surface area contributed by atoms with Crippen LogP contribution in [0.4, 0.5) is 0 Å². The Hall–Kier alpha value is -1.57. The van der Waals surface area contributed by atoms with Crippen LogP contribution in [0.1, 0.15) is 87.5 Å². The zero-order valence-corrected chi connectivity index (χ0v) is 22.8. The molecule has 1 heterocycles. The van der Waals surface area contributed by atoms with Crippen LogP contribution in [0.3, 0.4) is 0 Å². The number of thioether (sulfide) groups is 1. The van der Waals surface area contributed by atoms with E-state index in [9.17, 15) is 19.2 Å². The molecule has 0 aromatic carbocycles. The van der Waals surface area contributed by atoms with Crippen molar-refractivity contribution in [3.05, 3.63) is 0 Å². The minimum atomic E-state index is -0.0959. The molecule has 0 aromatic heterocycles. The van der Waals surface area contributed by atoms with Crippen molar-refractivity contribution in [3.63, 3.8) is 0 Å². The van der Waals surface area contributed by atoms with Crippen LogP contribution in [-0.4, -0.2) is 69.7 Å². The molecule has 0 aliphatic carbocycles. The van der Waals surface area contributed by atoms with Crippen molar-refractivity contribution >= 4 is 35.3 Å². The van der Waals surface area contributed by atoms with Gasteiger partial charge >= 0.3 is 0 Å². The topological polar surface area (TPSA) is 78.0 Å². The van der Waals surface area contributed by atoms with Gasteiger partial charge in [-0.05, 0) is 23.7 Å². The predicted molar refractivity (Wildman–Crippen MR) is 134 cm³/mol. The molecule has 190 valence electrons. The van der Waals surface area contributed by atoms with Gasteiger partial charge in [0, 0.05) is 30.9 Å². The highest BCUT2D eigenvalue weighted by Crippen LogP contribution is 2.24. The third-order valence-corrected chi connectivity index (χ3v) is 6.59. The maximum absolute atomic E-state index is 12.9. The molecule has 3 amide bonds. The third-order valence-electron chi connectivity index (χ3n) is 5.61. The summed E-state index contributed by atoms with van der Waals surface area (Å²) >= 11 is 1.46. The summed E-state index contributed by atoms with van der Waals surface area (Å²) in [7, 11) is 0. The summed E-state index contributed by atoms with van der Waals surface area (Å²) in [6.07, 6.45) is 2.55. The predicted octanol–water partition coefficient (Wildman–Crippen LogP) is 4.36. The van der Waals surface area contributed by atoms with Gasteiger partial charge in [0.1, 0.15) is 5.78 Å². The fraction of sp³-hybridized carbons (Fsp3) is 0.840. The molecule has 8 heteroatoms. The van der Waals surface area contributed by atoms with Crippen LogP contribution in [0.2, 0.25) is 0 Å². The Bertz CT molecular complexity index is 657. The van der Waals surface area contributed by atoms with E-state index in [1.165, 1.54) is 11.8 Å². The van der Waals surface area contributed by atoms with Gasteiger partial charge in [-0.2, -0.15) is 11.8 Å². The Labute approximate surface area is 205 Å². The van der Waals surface area contributed by atoms with Crippen LogP contribution in [0.5, 0.6) is 0 Å². The number of carbonyl (C=O) groups is 4. The smallest absolute Gasteiger partial charge is 0.226 e. The van der Waals surface area contributed by atoms with Gasteiger partial charge in [0.2, 0.25) is 17.7 Å². The van der Waals surface area contributed by atoms with E-state index in [-0.39, 0.29) is 66.7 Å². The molecule has 1 aliphatic heterocycles. The van der Waals surface area contributed by atoms with E-state index >= 15 is 0 Å². The first-order valence-corrected chi connectivity index (χ1v) is 13.2. The Morgan fingerprint density at radius 3 is 1.39 bits per heavy atom. The molecule has 0 aromatic rings. The molecule has 0 spiro atoms. The van der Waals surface area contributed by atoms with Gasteiger partial charge in [0.05, 0.1) is 25.8 Å². The molecule has 7 nitrogen and oxygen atoms in total. The second kappa shape index (κ2) is 12.8. The van der Waals surface area contributed by atoms with E-state index in [2.05, 4.69) is 41.5 Å². The SMILES string of the molecule is CC(C)C(=O)CSCCC(=O)N1CN(C(=O)CCC(C)(C)C)CN(C(=O)CCC(C)(C)C)C1. The summed E-state index contributed by atoms with van der Waals surface area (Å²) in [6.45, 7) is 17.0. The number of rotatable bonds is 10. The summed E-state index contributed by atoms with van der Waals surface area (Å²) in [4.78, 5) is 55.3. The highest BCUT2D eigenvalue weighted by Gasteiger charge is 2.32. The van der Waals surface area contributed by atoms with Crippen molar-refractivity contribution in [1.82, 2.24) is 14.7 Å². The Kier molecular flexibility index (Phi) is 11.4. The quantitative estimate of drug-likeness (QED) is 0.432. The number of nitrogens with zero attached hydrogens (tertiary/aromatic N) is 3. The normalized spacial score (nSPS) is 15.2. The molecule has 0 unspecified atom stereocenters. The third kappa shape index (κ3) is 11.9. The Morgan fingerprint density at radius 2 is 1.06 bits per heavy atom. The van der Waals surface area contributed by atoms with Crippen molar-refractivity contribution in [2.75, 3.05) is 31.5 Å². The summed E-state index contributed by atoms with van der Waals surface area (Å²) in [5.41, 5.74) is 0.0711. The molecule has 0 saturated carbocycles. The van der Waals surface area contributed by atoms with Gasteiger partial charge in [0.25, 0.3) is 0 Å². The van der Waals surface area contributed by atoms with Gasteiger partial charge in [-0.15, -0.1) is 0 Å². The van der Waals surface area contributed by atoms with E-state index < -0.39 is 0 Å². The largest absolute Gasteiger partial charge is 0.307 e. The molecule has 1 saturated heterocycles. The highest BCUT2D eigenvalue weighted by atomic mass is 32.2. The lowest BCUT2D eigenvalue weighted by Gasteiger charge is -2.42. The molecule has 33 heavy (non-hydrogen) atoms. The van der Waals surface area contributed by atoms with Gasteiger partial charge in [0.15, 0.2) is 0 Å². The van der Waals surface area contributed by atoms with Crippen molar-refractivity contribution in [1.29, 1.82) is 0 Å². The van der Waals surface area contributed by atoms with Crippen molar-refractivity contribution in [2.45, 2.75) is 87.5 Å². The molecular formula is C25H45N3O4S. The minimum Gasteiger partial charge on any atom is -0.307 e. The van der Waals surface area contributed by atoms with Crippen LogP contribution >= 0.6 is 11.8 Å². The van der Waals surface area contributed by atoms with Crippen LogP contribution < -0.4 is 0 Å². The van der Waals surface area contributed by atoms with Crippen LogP contribution in [0.25, 0.3) is 0 Å². The maximum Gasteiger partial charge on any atom is 0.226 e. The first kappa shape index (κ1) is 29.5. The Morgan fingerprint density at radius 1 is 0.697 bits per heavy atom. The van der Waals surface area contributed by atoms with E-state index in [0.29, 0.717) is 24.3 Å². The van der Waals surface area contributed by atoms with Crippen LogP contribution in [0, 0.1) is 16.7 Å². The second-order valence-corrected chi connectivity index (χ2v) is 12.9. The van der Waals surface area contributed by atoms with Crippen LogP contribution in [0.15, 0.2) is 0 Å². The second-order valence-electron chi connectivity index (χ2n) is 11.8. The van der Waals surface area contributed by atoms with Gasteiger partial charge in [-0.3, -0.25) is 19.2 Å². The lowest BCUT2D eigenvalue weighted by Crippen LogP contribution is -2.59. The van der Waals surface area contributed by atoms with Crippen molar-refractivity contribution < 1.29 is 19.2 Å². The summed E-state index contributed by atoms with van der Waals surface area (Å²) in [5, 5.41) is 0. The molecule has 1 fully saturated rings. The van der Waals surface area contributed by atoms with Crippen molar-refractivity contribution in [3.8, 4) is 0 Å². The minimum absolute atomic E-state index is 0.00404. The van der Waals surface area contributed by atoms with E-state index in [0.717, 1.165) is 12.8 Å². The monoisotopic (exact) mass is 483 g/mol. The summed E-state index contributed by atoms with van der Waals surface area (Å²) in [6, 6.07) is 0. The average Bonchev–Trinajstić information content (AvgIpc) is 2.71. The number of hydrogen-bond acceptors (Lipinski definition) is 5. The first-order chi connectivity index (χ1) is 15.1. The number of hydrogen-bond donors (Lipinski definition) is 0. The first-order valence-electron chi connectivity index (χ1n) is 12.0. The van der Waals surface area contributed by atoms with Gasteiger partial charge in [-0.25, -0.2) is 0 Å². The number of amides is 3. The summed E-state index contributed by atoms with van der Waals surface area (Å²) < 4.78 is 0. The molecule has 0 N–H and O–H groups in total. The standard InChI is InChI=1S/C25H45N3O4S/c1-19(2)20(29)15-33-14-11-23(32)28-17-26(21(30)9-12-24(3,4)5)16-27(18-28)22(31)10-13-25(6,7)8/h19H,9-18H2,1-8H3. The number of carbonyl (C=O) groups excluding carboxylic acids is 4.